The molecule has 8 nitrogen and oxygen atoms in total. The highest BCUT2D eigenvalue weighted by Gasteiger charge is 2.21. The van der Waals surface area contributed by atoms with E-state index in [1.165, 1.54) is 4.68 Å². The van der Waals surface area contributed by atoms with Crippen molar-refractivity contribution in [2.24, 2.45) is 5.73 Å². The number of rotatable bonds is 3. The van der Waals surface area contributed by atoms with Crippen molar-refractivity contribution in [2.45, 2.75) is 13.0 Å². The highest BCUT2D eigenvalue weighted by atomic mass is 16.2. The summed E-state index contributed by atoms with van der Waals surface area (Å²) in [4.78, 5) is 24.9. The van der Waals surface area contributed by atoms with Crippen LogP contribution in [0.1, 0.15) is 16.9 Å². The minimum atomic E-state index is -0.199. The Balaban J connectivity index is 2.02. The predicted octanol–water partition coefficient (Wildman–Crippen LogP) is -1.80. The van der Waals surface area contributed by atoms with Gasteiger partial charge >= 0.3 is 0 Å². The number of amides is 2. The Morgan fingerprint density at radius 2 is 2.33 bits per heavy atom. The smallest absolute Gasteiger partial charge is 0.276 e. The Kier molecular flexibility index (Phi) is 3.88. The SMILES string of the molecule is NCCn1cc(C(=O)N2CCNC(=O)CC2)nn1. The predicted molar refractivity (Wildman–Crippen MR) is 62.6 cm³/mol. The molecule has 1 aromatic rings. The van der Waals surface area contributed by atoms with Gasteiger partial charge in [0, 0.05) is 32.6 Å². The first-order valence-corrected chi connectivity index (χ1v) is 5.87. The van der Waals surface area contributed by atoms with Gasteiger partial charge in [0.15, 0.2) is 5.69 Å². The zero-order valence-electron chi connectivity index (χ0n) is 10.0. The van der Waals surface area contributed by atoms with Gasteiger partial charge in [0.1, 0.15) is 0 Å². The van der Waals surface area contributed by atoms with Gasteiger partial charge in [-0.3, -0.25) is 14.3 Å². The molecule has 3 N–H and O–H groups in total. The van der Waals surface area contributed by atoms with Crippen molar-refractivity contribution in [1.82, 2.24) is 25.2 Å². The number of carbonyl (C=O) groups is 2. The lowest BCUT2D eigenvalue weighted by Gasteiger charge is -2.17. The molecule has 0 saturated carbocycles. The molecule has 0 aliphatic carbocycles. The largest absolute Gasteiger partial charge is 0.354 e. The van der Waals surface area contributed by atoms with Gasteiger partial charge in [-0.2, -0.15) is 0 Å². The lowest BCUT2D eigenvalue weighted by Crippen LogP contribution is -2.34. The minimum absolute atomic E-state index is 0.0305. The average Bonchev–Trinajstić information content (AvgIpc) is 2.71. The van der Waals surface area contributed by atoms with E-state index in [0.29, 0.717) is 39.1 Å². The molecule has 18 heavy (non-hydrogen) atoms. The topological polar surface area (TPSA) is 106 Å². The molecule has 8 heteroatoms. The molecule has 0 radical (unpaired) electrons. The zero-order chi connectivity index (χ0) is 13.0. The first-order chi connectivity index (χ1) is 8.70. The van der Waals surface area contributed by atoms with Crippen LogP contribution in [0.3, 0.4) is 0 Å². The van der Waals surface area contributed by atoms with Gasteiger partial charge in [-0.1, -0.05) is 5.21 Å². The molecule has 0 bridgehead atoms. The van der Waals surface area contributed by atoms with Crippen LogP contribution >= 0.6 is 0 Å². The average molecular weight is 252 g/mol. The Morgan fingerprint density at radius 3 is 3.11 bits per heavy atom. The van der Waals surface area contributed by atoms with Gasteiger partial charge in [0.25, 0.3) is 5.91 Å². The molecule has 0 atom stereocenters. The maximum Gasteiger partial charge on any atom is 0.276 e. The summed E-state index contributed by atoms with van der Waals surface area (Å²) in [5, 5.41) is 10.4. The second-order valence-electron chi connectivity index (χ2n) is 4.05. The van der Waals surface area contributed by atoms with E-state index in [1.807, 2.05) is 0 Å². The number of hydrogen-bond donors (Lipinski definition) is 2. The van der Waals surface area contributed by atoms with Crippen molar-refractivity contribution >= 4 is 11.8 Å². The van der Waals surface area contributed by atoms with E-state index < -0.39 is 0 Å². The summed E-state index contributed by atoms with van der Waals surface area (Å²) in [6.07, 6.45) is 1.90. The molecule has 1 aliphatic rings. The summed E-state index contributed by atoms with van der Waals surface area (Å²) in [5.74, 6) is -0.230. The zero-order valence-corrected chi connectivity index (χ0v) is 10.0. The van der Waals surface area contributed by atoms with Crippen LogP contribution in [0.4, 0.5) is 0 Å². The fraction of sp³-hybridized carbons (Fsp3) is 0.600. The Hall–Kier alpha value is -1.96. The molecule has 98 valence electrons. The summed E-state index contributed by atoms with van der Waals surface area (Å²) in [6, 6.07) is 0. The number of aromatic nitrogens is 3. The van der Waals surface area contributed by atoms with E-state index in [0.717, 1.165) is 0 Å². The van der Waals surface area contributed by atoms with Gasteiger partial charge in [-0.25, -0.2) is 0 Å². The molecule has 1 fully saturated rings. The molecule has 0 aromatic carbocycles. The number of nitrogens with one attached hydrogen (secondary N) is 1. The van der Waals surface area contributed by atoms with E-state index in [1.54, 1.807) is 11.1 Å². The maximum absolute atomic E-state index is 12.1. The minimum Gasteiger partial charge on any atom is -0.354 e. The van der Waals surface area contributed by atoms with Crippen LogP contribution in [0, 0.1) is 0 Å². The third-order valence-electron chi connectivity index (χ3n) is 2.72. The van der Waals surface area contributed by atoms with E-state index in [4.69, 9.17) is 5.73 Å². The van der Waals surface area contributed by atoms with Gasteiger partial charge in [-0.05, 0) is 0 Å². The summed E-state index contributed by atoms with van der Waals surface area (Å²) in [7, 11) is 0. The van der Waals surface area contributed by atoms with E-state index >= 15 is 0 Å². The van der Waals surface area contributed by atoms with Crippen LogP contribution in [-0.4, -0.2) is 57.9 Å². The number of hydrogen-bond acceptors (Lipinski definition) is 5. The lowest BCUT2D eigenvalue weighted by molar-refractivity contribution is -0.120. The molecule has 1 saturated heterocycles. The molecule has 1 aliphatic heterocycles. The first-order valence-electron chi connectivity index (χ1n) is 5.87. The summed E-state index contributed by atoms with van der Waals surface area (Å²) < 4.78 is 1.54. The van der Waals surface area contributed by atoms with Crippen molar-refractivity contribution < 1.29 is 9.59 Å². The third kappa shape index (κ3) is 2.83. The molecule has 2 amide bonds. The van der Waals surface area contributed by atoms with Crippen molar-refractivity contribution in [3.8, 4) is 0 Å². The van der Waals surface area contributed by atoms with Crippen molar-refractivity contribution in [3.05, 3.63) is 11.9 Å². The fourth-order valence-corrected chi connectivity index (χ4v) is 1.77. The van der Waals surface area contributed by atoms with E-state index in [-0.39, 0.29) is 17.5 Å². The van der Waals surface area contributed by atoms with Crippen LogP contribution < -0.4 is 11.1 Å². The van der Waals surface area contributed by atoms with Crippen LogP contribution in [-0.2, 0) is 11.3 Å². The second kappa shape index (κ2) is 5.58. The van der Waals surface area contributed by atoms with Crippen LogP contribution in [0.5, 0.6) is 0 Å². The quantitative estimate of drug-likeness (QED) is 0.660. The third-order valence-corrected chi connectivity index (χ3v) is 2.72. The van der Waals surface area contributed by atoms with E-state index in [2.05, 4.69) is 15.6 Å². The summed E-state index contributed by atoms with van der Waals surface area (Å²) in [6.45, 7) is 2.35. The van der Waals surface area contributed by atoms with Crippen LogP contribution in [0.2, 0.25) is 0 Å². The van der Waals surface area contributed by atoms with Gasteiger partial charge < -0.3 is 16.0 Å². The second-order valence-corrected chi connectivity index (χ2v) is 4.05. The lowest BCUT2D eigenvalue weighted by atomic mass is 10.3. The number of carbonyl (C=O) groups excluding carboxylic acids is 2. The molecule has 0 spiro atoms. The van der Waals surface area contributed by atoms with Crippen LogP contribution in [0.25, 0.3) is 0 Å². The van der Waals surface area contributed by atoms with Crippen molar-refractivity contribution in [1.29, 1.82) is 0 Å². The molecule has 2 rings (SSSR count). The van der Waals surface area contributed by atoms with Gasteiger partial charge in [0.2, 0.25) is 5.91 Å². The summed E-state index contributed by atoms with van der Waals surface area (Å²) >= 11 is 0. The Bertz CT molecular complexity index is 443. The van der Waals surface area contributed by atoms with Crippen molar-refractivity contribution in [3.63, 3.8) is 0 Å². The standard InChI is InChI=1S/C10H16N6O2/c11-2-5-16-7-8(13-14-16)10(18)15-4-1-9(17)12-3-6-15/h7H,1-6,11H2,(H,12,17). The first kappa shape index (κ1) is 12.5. The Labute approximate surface area is 104 Å². The molecular weight excluding hydrogens is 236 g/mol. The monoisotopic (exact) mass is 252 g/mol. The highest BCUT2D eigenvalue weighted by molar-refractivity contribution is 5.92. The Morgan fingerprint density at radius 1 is 1.50 bits per heavy atom. The van der Waals surface area contributed by atoms with Gasteiger partial charge in [-0.15, -0.1) is 5.10 Å². The van der Waals surface area contributed by atoms with Crippen LogP contribution in [0.15, 0.2) is 6.20 Å². The molecule has 2 heterocycles. The van der Waals surface area contributed by atoms with E-state index in [9.17, 15) is 9.59 Å². The normalized spacial score (nSPS) is 16.3. The van der Waals surface area contributed by atoms with Gasteiger partial charge in [0.05, 0.1) is 12.7 Å². The molecule has 1 aromatic heterocycles. The maximum atomic E-state index is 12.1. The number of nitrogens with two attached hydrogens (primary N) is 1. The van der Waals surface area contributed by atoms with Crippen molar-refractivity contribution in [2.75, 3.05) is 26.2 Å². The molecular formula is C10H16N6O2. The fourth-order valence-electron chi connectivity index (χ4n) is 1.77. The molecule has 0 unspecified atom stereocenters. The number of nitrogens with zero attached hydrogens (tertiary/aromatic N) is 4. The summed E-state index contributed by atoms with van der Waals surface area (Å²) in [5.41, 5.74) is 5.68. The highest BCUT2D eigenvalue weighted by Crippen LogP contribution is 2.04.